The van der Waals surface area contributed by atoms with Gasteiger partial charge in [-0.25, -0.2) is 4.79 Å². The Hall–Kier alpha value is -1.67. The molecule has 1 aromatic heterocycles. The zero-order chi connectivity index (χ0) is 21.5. The molecule has 29 heavy (non-hydrogen) atoms. The first-order valence-electron chi connectivity index (χ1n) is 10.9. The van der Waals surface area contributed by atoms with E-state index in [1.54, 1.807) is 12.1 Å². The number of carboxylic acids is 1. The summed E-state index contributed by atoms with van der Waals surface area (Å²) in [6, 6.07) is 9.02. The van der Waals surface area contributed by atoms with E-state index in [1.807, 2.05) is 18.2 Å². The largest absolute Gasteiger partial charge is 0.478 e. The molecule has 0 aliphatic rings. The van der Waals surface area contributed by atoms with Gasteiger partial charge >= 0.3 is 5.97 Å². The van der Waals surface area contributed by atoms with E-state index in [1.165, 1.54) is 0 Å². The topological polar surface area (TPSA) is 67.3 Å². The molecule has 0 spiro atoms. The van der Waals surface area contributed by atoms with Crippen LogP contribution in [-0.4, -0.2) is 33.5 Å². The number of unbranched alkanes of at least 4 members (excludes halogenated alkanes) is 4. The van der Waals surface area contributed by atoms with Gasteiger partial charge in [-0.3, -0.25) is 4.98 Å². The van der Waals surface area contributed by atoms with E-state index < -0.39 is 18.3 Å². The van der Waals surface area contributed by atoms with Gasteiger partial charge in [-0.2, -0.15) is 0 Å². The van der Waals surface area contributed by atoms with E-state index in [0.717, 1.165) is 56.5 Å². The van der Waals surface area contributed by atoms with Crippen molar-refractivity contribution < 1.29 is 14.5 Å². The quantitative estimate of drug-likeness (QED) is 0.298. The van der Waals surface area contributed by atoms with Crippen molar-refractivity contribution in [1.82, 2.24) is 4.98 Å². The summed E-state index contributed by atoms with van der Waals surface area (Å²) in [6.45, 7) is 8.51. The lowest BCUT2D eigenvalue weighted by atomic mass is 10.0. The first-order chi connectivity index (χ1) is 13.7. The lowest BCUT2D eigenvalue weighted by Crippen LogP contribution is -2.27. The predicted octanol–water partition coefficient (Wildman–Crippen LogP) is 7.00. The number of fused-ring (bicyclic) bond motifs is 1. The summed E-state index contributed by atoms with van der Waals surface area (Å²) >= 11 is 0. The number of nitrogens with zero attached hydrogens (tertiary/aromatic N) is 1. The molecule has 0 saturated carbocycles. The Morgan fingerprint density at radius 2 is 1.62 bits per heavy atom. The summed E-state index contributed by atoms with van der Waals surface area (Å²) < 4.78 is 14.1. The molecule has 5 heteroatoms. The maximum Gasteiger partial charge on any atom is 0.336 e. The van der Waals surface area contributed by atoms with Crippen molar-refractivity contribution in [3.63, 3.8) is 0 Å². The summed E-state index contributed by atoms with van der Waals surface area (Å²) in [4.78, 5) is 16.5. The molecule has 160 valence electrons. The molecule has 0 amide bonds. The fourth-order valence-electron chi connectivity index (χ4n) is 4.04. The first-order valence-corrected chi connectivity index (χ1v) is 13.0. The van der Waals surface area contributed by atoms with Gasteiger partial charge in [-0.05, 0) is 25.0 Å². The minimum absolute atomic E-state index is 0.271. The zero-order valence-corrected chi connectivity index (χ0v) is 19.3. The minimum Gasteiger partial charge on any atom is -0.478 e. The summed E-state index contributed by atoms with van der Waals surface area (Å²) in [5.74, 6) is -0.947. The predicted molar refractivity (Wildman–Crippen MR) is 123 cm³/mol. The molecular formula is C24H36NO3P. The number of para-hydroxylation sites is 1. The monoisotopic (exact) mass is 417 g/mol. The highest BCUT2D eigenvalue weighted by Gasteiger charge is 2.39. The van der Waals surface area contributed by atoms with Crippen LogP contribution in [0.5, 0.6) is 0 Å². The van der Waals surface area contributed by atoms with Gasteiger partial charge in [0.2, 0.25) is 0 Å². The van der Waals surface area contributed by atoms with E-state index in [-0.39, 0.29) is 5.56 Å². The molecule has 0 saturated heterocycles. The van der Waals surface area contributed by atoms with Gasteiger partial charge in [-0.15, -0.1) is 0 Å². The molecule has 2 rings (SSSR count). The molecule has 1 aromatic carbocycles. The number of aromatic carboxylic acids is 1. The molecule has 0 aliphatic heterocycles. The standard InChI is InChI=1S/C24H36NO3P/c1-5-7-11-15-29(28,16-12-8-6-2)24(3,4)18-19-17-21(23(26)27)20-13-9-10-14-22(20)25-19/h9-10,13-14,17H,5-8,11-12,15-16,18H2,1-4H3,(H,26,27). The van der Waals surface area contributed by atoms with Gasteiger partial charge in [0.1, 0.15) is 0 Å². The summed E-state index contributed by atoms with van der Waals surface area (Å²) in [7, 11) is -2.43. The Balaban J connectivity index is 2.36. The number of pyridine rings is 1. The molecule has 0 bridgehead atoms. The number of hydrogen-bond donors (Lipinski definition) is 1. The number of carboxylic acid groups (broad SMARTS) is 1. The Morgan fingerprint density at radius 3 is 2.17 bits per heavy atom. The van der Waals surface area contributed by atoms with E-state index >= 15 is 0 Å². The fourth-order valence-corrected chi connectivity index (χ4v) is 7.39. The number of carbonyl (C=O) groups is 1. The number of hydrogen-bond acceptors (Lipinski definition) is 3. The molecule has 0 aliphatic carbocycles. The molecule has 1 N–H and O–H groups in total. The van der Waals surface area contributed by atoms with Crippen molar-refractivity contribution >= 4 is 24.0 Å². The lowest BCUT2D eigenvalue weighted by Gasteiger charge is -2.35. The van der Waals surface area contributed by atoms with Gasteiger partial charge in [0.05, 0.1) is 18.2 Å². The van der Waals surface area contributed by atoms with Gasteiger partial charge < -0.3 is 9.67 Å². The second-order valence-corrected chi connectivity index (χ2v) is 12.6. The highest BCUT2D eigenvalue weighted by Crippen LogP contribution is 2.60. The van der Waals surface area contributed by atoms with Crippen LogP contribution in [0.1, 0.15) is 82.3 Å². The Labute approximate surface area is 175 Å². The van der Waals surface area contributed by atoms with Gasteiger partial charge in [-0.1, -0.05) is 71.6 Å². The van der Waals surface area contributed by atoms with E-state index in [2.05, 4.69) is 27.7 Å². The molecular weight excluding hydrogens is 381 g/mol. The number of aromatic nitrogens is 1. The first kappa shape index (κ1) is 23.6. The van der Waals surface area contributed by atoms with Crippen LogP contribution < -0.4 is 0 Å². The van der Waals surface area contributed by atoms with Crippen molar-refractivity contribution in [3.05, 3.63) is 41.6 Å². The Kier molecular flexibility index (Phi) is 8.46. The van der Waals surface area contributed by atoms with Crippen molar-refractivity contribution in [2.75, 3.05) is 12.3 Å². The third-order valence-electron chi connectivity index (χ3n) is 5.96. The van der Waals surface area contributed by atoms with Crippen molar-refractivity contribution in [2.45, 2.75) is 77.8 Å². The van der Waals surface area contributed by atoms with Crippen molar-refractivity contribution in [2.24, 2.45) is 0 Å². The van der Waals surface area contributed by atoms with Crippen LogP contribution in [0.15, 0.2) is 30.3 Å². The maximum absolute atomic E-state index is 14.1. The molecule has 4 nitrogen and oxygen atoms in total. The van der Waals surface area contributed by atoms with E-state index in [0.29, 0.717) is 17.3 Å². The van der Waals surface area contributed by atoms with E-state index in [9.17, 15) is 14.5 Å². The Bertz CT molecular complexity index is 862. The maximum atomic E-state index is 14.1. The zero-order valence-electron chi connectivity index (χ0n) is 18.4. The molecule has 2 aromatic rings. The van der Waals surface area contributed by atoms with Crippen molar-refractivity contribution in [3.8, 4) is 0 Å². The van der Waals surface area contributed by atoms with Crippen LogP contribution in [0.3, 0.4) is 0 Å². The van der Waals surface area contributed by atoms with E-state index in [4.69, 9.17) is 4.98 Å². The highest BCUT2D eigenvalue weighted by molar-refractivity contribution is 7.65. The van der Waals surface area contributed by atoms with Crippen LogP contribution >= 0.6 is 7.14 Å². The number of benzene rings is 1. The van der Waals surface area contributed by atoms with Crippen LogP contribution in [-0.2, 0) is 11.0 Å². The molecule has 0 radical (unpaired) electrons. The second kappa shape index (κ2) is 10.4. The third-order valence-corrected chi connectivity index (χ3v) is 10.4. The molecule has 0 atom stereocenters. The van der Waals surface area contributed by atoms with Gasteiger partial charge in [0.15, 0.2) is 0 Å². The van der Waals surface area contributed by atoms with Crippen molar-refractivity contribution in [1.29, 1.82) is 0 Å². The smallest absolute Gasteiger partial charge is 0.336 e. The highest BCUT2D eigenvalue weighted by atomic mass is 31.2. The third kappa shape index (κ3) is 5.92. The summed E-state index contributed by atoms with van der Waals surface area (Å²) in [5, 5.41) is 9.92. The molecule has 0 unspecified atom stereocenters. The molecule has 1 heterocycles. The average Bonchev–Trinajstić information content (AvgIpc) is 2.67. The fraction of sp³-hybridized carbons (Fsp3) is 0.583. The van der Waals surface area contributed by atoms with Gasteiger partial charge in [0, 0.05) is 35.0 Å². The SMILES string of the molecule is CCCCCP(=O)(CCCCC)C(C)(C)Cc1cc(C(=O)O)c2ccccc2n1. The Morgan fingerprint density at radius 1 is 1.03 bits per heavy atom. The van der Waals surface area contributed by atoms with Crippen LogP contribution in [0, 0.1) is 0 Å². The van der Waals surface area contributed by atoms with Gasteiger partial charge in [0.25, 0.3) is 0 Å². The normalized spacial score (nSPS) is 12.4. The van der Waals surface area contributed by atoms with Crippen LogP contribution in [0.25, 0.3) is 10.9 Å². The second-order valence-electron chi connectivity index (χ2n) is 8.72. The van der Waals surface area contributed by atoms with Crippen LogP contribution in [0.4, 0.5) is 0 Å². The summed E-state index contributed by atoms with van der Waals surface area (Å²) in [5.41, 5.74) is 1.68. The number of rotatable bonds is 12. The summed E-state index contributed by atoms with van der Waals surface area (Å²) in [6.07, 6.45) is 8.51. The lowest BCUT2D eigenvalue weighted by molar-refractivity contribution is 0.0698. The minimum atomic E-state index is -2.43. The molecule has 0 fully saturated rings. The van der Waals surface area contributed by atoms with Crippen LogP contribution in [0.2, 0.25) is 0 Å². The average molecular weight is 418 g/mol.